The minimum absolute atomic E-state index is 0.389. The number of rotatable bonds is 5. The lowest BCUT2D eigenvalue weighted by Gasteiger charge is -2.35. The maximum absolute atomic E-state index is 10.2. The highest BCUT2D eigenvalue weighted by molar-refractivity contribution is 5.17. The third kappa shape index (κ3) is 4.30. The monoisotopic (exact) mass is 262 g/mol. The summed E-state index contributed by atoms with van der Waals surface area (Å²) in [5.41, 5.74) is 1.01. The Bertz CT molecular complexity index is 368. The average Bonchev–Trinajstić information content (AvgIpc) is 2.42. The second-order valence-corrected chi connectivity index (χ2v) is 5.78. The normalized spacial score (nSPS) is 22.6. The lowest BCUT2D eigenvalue weighted by atomic mass is 10.0. The smallest absolute Gasteiger partial charge is 0.0916 e. The molecule has 0 saturated carbocycles. The van der Waals surface area contributed by atoms with Gasteiger partial charge >= 0.3 is 0 Å². The lowest BCUT2D eigenvalue weighted by molar-refractivity contribution is 0.0932. The van der Waals surface area contributed by atoms with Crippen molar-refractivity contribution >= 4 is 0 Å². The van der Waals surface area contributed by atoms with Crippen LogP contribution in [-0.2, 0) is 0 Å². The molecule has 2 atom stereocenters. The Morgan fingerprint density at radius 3 is 2.74 bits per heavy atom. The van der Waals surface area contributed by atoms with E-state index in [0.29, 0.717) is 12.6 Å². The SMILES string of the molecule is CN(CC(O)c1ccccc1)CC1CCCCN1C. The fourth-order valence-electron chi connectivity index (χ4n) is 2.88. The van der Waals surface area contributed by atoms with Crippen LogP contribution in [0.15, 0.2) is 30.3 Å². The average molecular weight is 262 g/mol. The first-order valence-corrected chi connectivity index (χ1v) is 7.28. The van der Waals surface area contributed by atoms with Crippen LogP contribution in [0.4, 0.5) is 0 Å². The number of benzene rings is 1. The Hall–Kier alpha value is -0.900. The number of hydrogen-bond donors (Lipinski definition) is 1. The largest absolute Gasteiger partial charge is 0.387 e. The molecule has 0 aliphatic carbocycles. The summed E-state index contributed by atoms with van der Waals surface area (Å²) in [6, 6.07) is 10.6. The minimum atomic E-state index is -0.389. The van der Waals surface area contributed by atoms with Crippen LogP contribution < -0.4 is 0 Å². The van der Waals surface area contributed by atoms with E-state index in [0.717, 1.165) is 12.1 Å². The zero-order valence-electron chi connectivity index (χ0n) is 12.1. The van der Waals surface area contributed by atoms with Gasteiger partial charge in [0.15, 0.2) is 0 Å². The fourth-order valence-corrected chi connectivity index (χ4v) is 2.88. The van der Waals surface area contributed by atoms with Crippen molar-refractivity contribution in [2.75, 3.05) is 33.7 Å². The van der Waals surface area contributed by atoms with Crippen LogP contribution in [0.3, 0.4) is 0 Å². The van der Waals surface area contributed by atoms with Crippen molar-refractivity contribution in [3.05, 3.63) is 35.9 Å². The molecule has 19 heavy (non-hydrogen) atoms. The second-order valence-electron chi connectivity index (χ2n) is 5.78. The number of nitrogens with zero attached hydrogens (tertiary/aromatic N) is 2. The van der Waals surface area contributed by atoms with E-state index in [2.05, 4.69) is 23.9 Å². The number of aliphatic hydroxyl groups is 1. The molecule has 0 aromatic heterocycles. The molecule has 106 valence electrons. The molecule has 1 aliphatic rings. The van der Waals surface area contributed by atoms with Gasteiger partial charge in [0.2, 0.25) is 0 Å². The highest BCUT2D eigenvalue weighted by Gasteiger charge is 2.21. The Balaban J connectivity index is 1.82. The fraction of sp³-hybridized carbons (Fsp3) is 0.625. The Kier molecular flexibility index (Phi) is 5.37. The molecule has 0 bridgehead atoms. The maximum atomic E-state index is 10.2. The summed E-state index contributed by atoms with van der Waals surface area (Å²) in [4.78, 5) is 4.71. The topological polar surface area (TPSA) is 26.7 Å². The summed E-state index contributed by atoms with van der Waals surface area (Å²) in [6.45, 7) is 2.95. The quantitative estimate of drug-likeness (QED) is 0.880. The van der Waals surface area contributed by atoms with Gasteiger partial charge in [-0.2, -0.15) is 0 Å². The molecule has 1 fully saturated rings. The number of likely N-dealkylation sites (N-methyl/N-ethyl adjacent to an activating group) is 2. The van der Waals surface area contributed by atoms with Crippen LogP contribution in [0.5, 0.6) is 0 Å². The van der Waals surface area contributed by atoms with Gasteiger partial charge in [-0.05, 0) is 39.0 Å². The van der Waals surface area contributed by atoms with Crippen LogP contribution in [0.2, 0.25) is 0 Å². The van der Waals surface area contributed by atoms with Gasteiger partial charge in [-0.15, -0.1) is 0 Å². The highest BCUT2D eigenvalue weighted by atomic mass is 16.3. The van der Waals surface area contributed by atoms with Crippen molar-refractivity contribution in [2.24, 2.45) is 0 Å². The molecule has 2 unspecified atom stereocenters. The van der Waals surface area contributed by atoms with Crippen LogP contribution in [0.1, 0.15) is 30.9 Å². The second kappa shape index (κ2) is 7.04. The van der Waals surface area contributed by atoms with Crippen LogP contribution in [0.25, 0.3) is 0 Å². The van der Waals surface area contributed by atoms with Crippen LogP contribution in [-0.4, -0.2) is 54.7 Å². The number of aliphatic hydroxyl groups excluding tert-OH is 1. The summed E-state index contributed by atoms with van der Waals surface area (Å²) >= 11 is 0. The maximum Gasteiger partial charge on any atom is 0.0916 e. The number of piperidine rings is 1. The van der Waals surface area contributed by atoms with Crippen LogP contribution >= 0.6 is 0 Å². The lowest BCUT2D eigenvalue weighted by Crippen LogP contribution is -2.44. The Labute approximate surface area is 116 Å². The highest BCUT2D eigenvalue weighted by Crippen LogP contribution is 2.17. The van der Waals surface area contributed by atoms with Crippen molar-refractivity contribution in [3.63, 3.8) is 0 Å². The molecular formula is C16H26N2O. The summed E-state index contributed by atoms with van der Waals surface area (Å²) in [5.74, 6) is 0. The molecule has 1 aromatic carbocycles. The summed E-state index contributed by atoms with van der Waals surface area (Å²) in [6.07, 6.45) is 3.55. The molecular weight excluding hydrogens is 236 g/mol. The number of likely N-dealkylation sites (tertiary alicyclic amines) is 1. The van der Waals surface area contributed by atoms with E-state index in [4.69, 9.17) is 0 Å². The minimum Gasteiger partial charge on any atom is -0.387 e. The van der Waals surface area contributed by atoms with E-state index in [1.807, 2.05) is 30.3 Å². The first-order valence-electron chi connectivity index (χ1n) is 7.28. The first kappa shape index (κ1) is 14.5. The summed E-state index contributed by atoms with van der Waals surface area (Å²) < 4.78 is 0. The van der Waals surface area contributed by atoms with Crippen molar-refractivity contribution in [1.29, 1.82) is 0 Å². The zero-order valence-corrected chi connectivity index (χ0v) is 12.1. The van der Waals surface area contributed by atoms with Gasteiger partial charge in [0.25, 0.3) is 0 Å². The molecule has 3 nitrogen and oxygen atoms in total. The molecule has 2 rings (SSSR count). The van der Waals surface area contributed by atoms with Gasteiger partial charge < -0.3 is 14.9 Å². The molecule has 0 spiro atoms. The van der Waals surface area contributed by atoms with E-state index in [-0.39, 0.29) is 6.10 Å². The van der Waals surface area contributed by atoms with Crippen molar-refractivity contribution in [3.8, 4) is 0 Å². The molecule has 1 heterocycles. The third-order valence-corrected chi connectivity index (χ3v) is 4.11. The predicted octanol–water partition coefficient (Wildman–Crippen LogP) is 2.14. The number of hydrogen-bond acceptors (Lipinski definition) is 3. The molecule has 1 saturated heterocycles. The molecule has 3 heteroatoms. The summed E-state index contributed by atoms with van der Waals surface area (Å²) in [5, 5.41) is 10.2. The molecule has 0 amide bonds. The van der Waals surface area contributed by atoms with Gasteiger partial charge in [0.05, 0.1) is 6.10 Å². The van der Waals surface area contributed by atoms with Crippen molar-refractivity contribution in [2.45, 2.75) is 31.4 Å². The van der Waals surface area contributed by atoms with E-state index in [9.17, 15) is 5.11 Å². The first-order chi connectivity index (χ1) is 9.16. The van der Waals surface area contributed by atoms with E-state index >= 15 is 0 Å². The zero-order chi connectivity index (χ0) is 13.7. The van der Waals surface area contributed by atoms with Crippen LogP contribution in [0, 0.1) is 0 Å². The van der Waals surface area contributed by atoms with Gasteiger partial charge in [-0.3, -0.25) is 0 Å². The predicted molar refractivity (Wildman–Crippen MR) is 79.2 cm³/mol. The van der Waals surface area contributed by atoms with E-state index in [1.54, 1.807) is 0 Å². The molecule has 1 N–H and O–H groups in total. The summed E-state index contributed by atoms with van der Waals surface area (Å²) in [7, 11) is 4.32. The van der Waals surface area contributed by atoms with E-state index < -0.39 is 0 Å². The Morgan fingerprint density at radius 2 is 2.05 bits per heavy atom. The standard InChI is InChI=1S/C16H26N2O/c1-17(12-15-10-6-7-11-18(15)2)13-16(19)14-8-4-3-5-9-14/h3-5,8-9,15-16,19H,6-7,10-13H2,1-2H3. The van der Waals surface area contributed by atoms with E-state index in [1.165, 1.54) is 25.8 Å². The van der Waals surface area contributed by atoms with Gasteiger partial charge in [0, 0.05) is 19.1 Å². The molecule has 0 radical (unpaired) electrons. The molecule has 1 aromatic rings. The van der Waals surface area contributed by atoms with Gasteiger partial charge in [0.1, 0.15) is 0 Å². The Morgan fingerprint density at radius 1 is 1.32 bits per heavy atom. The van der Waals surface area contributed by atoms with Gasteiger partial charge in [-0.25, -0.2) is 0 Å². The third-order valence-electron chi connectivity index (χ3n) is 4.11. The van der Waals surface area contributed by atoms with Crippen molar-refractivity contribution in [1.82, 2.24) is 9.80 Å². The molecule has 1 aliphatic heterocycles. The van der Waals surface area contributed by atoms with Gasteiger partial charge in [-0.1, -0.05) is 36.8 Å². The van der Waals surface area contributed by atoms with Crippen molar-refractivity contribution < 1.29 is 5.11 Å².